The van der Waals surface area contributed by atoms with Crippen LogP contribution in [0.1, 0.15) is 59.9 Å². The molecule has 8 nitrogen and oxygen atoms in total. The predicted molar refractivity (Wildman–Crippen MR) is 122 cm³/mol. The zero-order chi connectivity index (χ0) is 21.7. The highest BCUT2D eigenvalue weighted by molar-refractivity contribution is 5.93. The van der Waals surface area contributed by atoms with Gasteiger partial charge in [0, 0.05) is 49.9 Å². The van der Waals surface area contributed by atoms with Gasteiger partial charge in [-0.25, -0.2) is 14.5 Å². The molecule has 2 saturated heterocycles. The summed E-state index contributed by atoms with van der Waals surface area (Å²) in [5.74, 6) is 1.03. The zero-order valence-corrected chi connectivity index (χ0v) is 18.3. The third-order valence-corrected chi connectivity index (χ3v) is 6.72. The highest BCUT2D eigenvalue weighted by Crippen LogP contribution is 2.32. The van der Waals surface area contributed by atoms with Gasteiger partial charge in [-0.15, -0.1) is 0 Å². The lowest BCUT2D eigenvalue weighted by Gasteiger charge is -2.34. The Bertz CT molecular complexity index is 1270. The normalized spacial score (nSPS) is 19.3. The van der Waals surface area contributed by atoms with Crippen LogP contribution in [0.25, 0.3) is 11.3 Å². The second-order valence-electron chi connectivity index (χ2n) is 8.92. The number of aryl methyl sites for hydroxylation is 1. The lowest BCUT2D eigenvalue weighted by atomic mass is 9.99. The highest BCUT2D eigenvalue weighted by Gasteiger charge is 2.32. The largest absolute Gasteiger partial charge is 0.356 e. The maximum absolute atomic E-state index is 13.4. The van der Waals surface area contributed by atoms with Gasteiger partial charge in [-0.05, 0) is 51.2 Å². The first-order chi connectivity index (χ1) is 15.7. The van der Waals surface area contributed by atoms with Crippen LogP contribution in [0.3, 0.4) is 0 Å². The molecule has 6 rings (SSSR count). The Morgan fingerprint density at radius 1 is 1.00 bits per heavy atom. The summed E-state index contributed by atoms with van der Waals surface area (Å²) in [7, 11) is 0. The second-order valence-corrected chi connectivity index (χ2v) is 8.92. The van der Waals surface area contributed by atoms with Crippen molar-refractivity contribution >= 4 is 23.0 Å². The number of nitrogens with zero attached hydrogens (tertiary/aromatic N) is 7. The molecule has 4 aromatic heterocycles. The molecule has 0 aliphatic carbocycles. The van der Waals surface area contributed by atoms with E-state index in [1.807, 2.05) is 44.4 Å². The van der Waals surface area contributed by atoms with E-state index in [1.54, 1.807) is 0 Å². The molecule has 0 saturated carbocycles. The summed E-state index contributed by atoms with van der Waals surface area (Å²) in [5.41, 5.74) is 4.16. The van der Waals surface area contributed by atoms with Crippen LogP contribution in [0, 0.1) is 6.92 Å². The molecule has 0 aromatic carbocycles. The van der Waals surface area contributed by atoms with Gasteiger partial charge in [0.15, 0.2) is 5.65 Å². The van der Waals surface area contributed by atoms with E-state index in [1.165, 1.54) is 12.8 Å². The van der Waals surface area contributed by atoms with Crippen LogP contribution in [0.5, 0.6) is 0 Å². The van der Waals surface area contributed by atoms with Crippen molar-refractivity contribution in [2.75, 3.05) is 24.5 Å². The molecule has 2 fully saturated rings. The summed E-state index contributed by atoms with van der Waals surface area (Å²) >= 11 is 0. The number of piperidine rings is 1. The average molecular weight is 430 g/mol. The van der Waals surface area contributed by atoms with Crippen molar-refractivity contribution < 1.29 is 4.79 Å². The monoisotopic (exact) mass is 429 g/mol. The number of rotatable bonds is 3. The predicted octanol–water partition coefficient (Wildman–Crippen LogP) is 3.65. The van der Waals surface area contributed by atoms with E-state index in [9.17, 15) is 4.79 Å². The number of hydrogen-bond donors (Lipinski definition) is 0. The number of aromatic nitrogens is 5. The smallest absolute Gasteiger partial charge is 0.274 e. The van der Waals surface area contributed by atoms with Crippen LogP contribution in [0.2, 0.25) is 0 Å². The Morgan fingerprint density at radius 2 is 1.84 bits per heavy atom. The van der Waals surface area contributed by atoms with E-state index in [0.717, 1.165) is 67.3 Å². The minimum Gasteiger partial charge on any atom is -0.356 e. The molecule has 4 aromatic rings. The van der Waals surface area contributed by atoms with Gasteiger partial charge in [-0.1, -0.05) is 6.07 Å². The molecule has 1 unspecified atom stereocenters. The number of likely N-dealkylation sites (tertiary alicyclic amines) is 1. The van der Waals surface area contributed by atoms with E-state index in [-0.39, 0.29) is 11.9 Å². The van der Waals surface area contributed by atoms with Crippen molar-refractivity contribution in [3.05, 3.63) is 59.8 Å². The average Bonchev–Trinajstić information content (AvgIpc) is 3.56. The molecule has 2 aliphatic rings. The van der Waals surface area contributed by atoms with E-state index < -0.39 is 0 Å². The molecule has 0 N–H and O–H groups in total. The molecule has 8 heteroatoms. The molecule has 1 atom stereocenters. The first-order valence-corrected chi connectivity index (χ1v) is 11.5. The summed E-state index contributed by atoms with van der Waals surface area (Å²) < 4.78 is 3.76. The van der Waals surface area contributed by atoms with Crippen LogP contribution in [-0.4, -0.2) is 54.4 Å². The number of carbonyl (C=O) groups excluding carboxylic acids is 1. The lowest BCUT2D eigenvalue weighted by molar-refractivity contribution is 0.0600. The molecule has 0 bridgehead atoms. The maximum Gasteiger partial charge on any atom is 0.274 e. The molecule has 164 valence electrons. The number of anilines is 1. The SMILES string of the molecule is Cc1cn2nc(C3CCCCN3C(=O)c3cn4ccccc4n3)cc2nc1N1CCCC1. The van der Waals surface area contributed by atoms with Crippen molar-refractivity contribution in [2.24, 2.45) is 0 Å². The number of hydrogen-bond acceptors (Lipinski definition) is 5. The standard InChI is InChI=1S/C24H27N7O/c1-17-15-31-22(26-23(17)28-10-6-7-11-28)14-18(27-31)20-8-2-5-13-30(20)24(32)19-16-29-12-4-3-9-21(29)25-19/h3-4,9,12,14-16,20H,2,5-8,10-11,13H2,1H3. The molecule has 0 spiro atoms. The molecule has 1 amide bonds. The number of amides is 1. The van der Waals surface area contributed by atoms with Crippen LogP contribution in [0.15, 0.2) is 42.9 Å². The molecule has 6 heterocycles. The minimum atomic E-state index is -0.0571. The lowest BCUT2D eigenvalue weighted by Crippen LogP contribution is -2.38. The Morgan fingerprint density at radius 3 is 2.69 bits per heavy atom. The summed E-state index contributed by atoms with van der Waals surface area (Å²) in [6.45, 7) is 4.95. The van der Waals surface area contributed by atoms with E-state index in [0.29, 0.717) is 5.69 Å². The van der Waals surface area contributed by atoms with Gasteiger partial charge < -0.3 is 14.2 Å². The Labute approximate surface area is 186 Å². The molecule has 2 aliphatic heterocycles. The molecule has 0 radical (unpaired) electrons. The fraction of sp³-hybridized carbons (Fsp3) is 0.417. The minimum absolute atomic E-state index is 0.0302. The Balaban J connectivity index is 1.34. The van der Waals surface area contributed by atoms with Gasteiger partial charge in [0.1, 0.15) is 17.2 Å². The Hall–Kier alpha value is -3.42. The van der Waals surface area contributed by atoms with Crippen molar-refractivity contribution in [3.63, 3.8) is 0 Å². The fourth-order valence-corrected chi connectivity index (χ4v) is 5.10. The third kappa shape index (κ3) is 3.21. The van der Waals surface area contributed by atoms with Crippen LogP contribution in [-0.2, 0) is 0 Å². The number of carbonyl (C=O) groups is 1. The number of imidazole rings is 1. The fourth-order valence-electron chi connectivity index (χ4n) is 5.10. The van der Waals surface area contributed by atoms with Gasteiger partial charge in [-0.3, -0.25) is 4.79 Å². The van der Waals surface area contributed by atoms with E-state index in [4.69, 9.17) is 10.1 Å². The topological polar surface area (TPSA) is 71.0 Å². The van der Waals surface area contributed by atoms with Gasteiger partial charge >= 0.3 is 0 Å². The van der Waals surface area contributed by atoms with Crippen LogP contribution < -0.4 is 4.90 Å². The van der Waals surface area contributed by atoms with Gasteiger partial charge in [0.2, 0.25) is 0 Å². The maximum atomic E-state index is 13.4. The molecule has 32 heavy (non-hydrogen) atoms. The summed E-state index contributed by atoms with van der Waals surface area (Å²) in [5, 5.41) is 4.85. The summed E-state index contributed by atoms with van der Waals surface area (Å²) in [6, 6.07) is 7.78. The summed E-state index contributed by atoms with van der Waals surface area (Å²) in [6.07, 6.45) is 11.2. The van der Waals surface area contributed by atoms with E-state index >= 15 is 0 Å². The zero-order valence-electron chi connectivity index (χ0n) is 18.3. The quantitative estimate of drug-likeness (QED) is 0.497. The van der Waals surface area contributed by atoms with Crippen LogP contribution >= 0.6 is 0 Å². The molecular formula is C24H27N7O. The van der Waals surface area contributed by atoms with Gasteiger partial charge in [-0.2, -0.15) is 5.10 Å². The number of fused-ring (bicyclic) bond motifs is 2. The molecular weight excluding hydrogens is 402 g/mol. The Kier molecular flexibility index (Phi) is 4.59. The second kappa shape index (κ2) is 7.62. The van der Waals surface area contributed by atoms with Crippen molar-refractivity contribution in [2.45, 2.75) is 45.1 Å². The van der Waals surface area contributed by atoms with Crippen molar-refractivity contribution in [1.82, 2.24) is 28.9 Å². The van der Waals surface area contributed by atoms with Crippen molar-refractivity contribution in [1.29, 1.82) is 0 Å². The van der Waals surface area contributed by atoms with Crippen LogP contribution in [0.4, 0.5) is 5.82 Å². The first kappa shape index (κ1) is 19.3. The van der Waals surface area contributed by atoms with Gasteiger partial charge in [0.25, 0.3) is 5.91 Å². The first-order valence-electron chi connectivity index (χ1n) is 11.5. The van der Waals surface area contributed by atoms with Gasteiger partial charge in [0.05, 0.1) is 11.7 Å². The highest BCUT2D eigenvalue weighted by atomic mass is 16.2. The summed E-state index contributed by atoms with van der Waals surface area (Å²) in [4.78, 5) is 27.2. The third-order valence-electron chi connectivity index (χ3n) is 6.72. The van der Waals surface area contributed by atoms with E-state index in [2.05, 4.69) is 29.1 Å². The van der Waals surface area contributed by atoms with Crippen molar-refractivity contribution in [3.8, 4) is 0 Å². The number of pyridine rings is 1.